The van der Waals surface area contributed by atoms with Crippen molar-refractivity contribution in [1.29, 1.82) is 0 Å². The maximum absolute atomic E-state index is 13.5. The number of nitrogens with one attached hydrogen (secondary N) is 2. The molecule has 3 aromatic carbocycles. The van der Waals surface area contributed by atoms with Crippen molar-refractivity contribution in [1.82, 2.24) is 15.8 Å². The lowest BCUT2D eigenvalue weighted by atomic mass is 9.82. The highest BCUT2D eigenvalue weighted by Gasteiger charge is 2.55. The van der Waals surface area contributed by atoms with Crippen molar-refractivity contribution in [3.63, 3.8) is 0 Å². The predicted octanol–water partition coefficient (Wildman–Crippen LogP) is 3.93. The number of carbonyl (C=O) groups is 1. The van der Waals surface area contributed by atoms with Crippen molar-refractivity contribution in [2.75, 3.05) is 0 Å². The van der Waals surface area contributed by atoms with Crippen molar-refractivity contribution < 1.29 is 9.90 Å². The fraction of sp³-hybridized carbons (Fsp3) is 0.269. The number of rotatable bonds is 4. The molecule has 0 bridgehead atoms. The molecule has 3 aromatic rings. The van der Waals surface area contributed by atoms with E-state index in [1.54, 1.807) is 6.07 Å². The van der Waals surface area contributed by atoms with E-state index in [0.29, 0.717) is 6.54 Å². The number of phenols is 1. The zero-order chi connectivity index (χ0) is 21.5. The normalized spacial score (nSPS) is 25.1. The summed E-state index contributed by atoms with van der Waals surface area (Å²) < 4.78 is 0. The van der Waals surface area contributed by atoms with E-state index in [4.69, 9.17) is 0 Å². The van der Waals surface area contributed by atoms with Crippen molar-refractivity contribution >= 4 is 5.91 Å². The van der Waals surface area contributed by atoms with Crippen molar-refractivity contribution in [2.45, 2.75) is 38.5 Å². The molecule has 31 heavy (non-hydrogen) atoms. The van der Waals surface area contributed by atoms with Crippen molar-refractivity contribution in [2.24, 2.45) is 5.92 Å². The lowest BCUT2D eigenvalue weighted by Crippen LogP contribution is -2.41. The predicted molar refractivity (Wildman–Crippen MR) is 120 cm³/mol. The third-order valence-electron chi connectivity index (χ3n) is 6.55. The van der Waals surface area contributed by atoms with Crippen LogP contribution in [0.25, 0.3) is 0 Å². The molecule has 4 atom stereocenters. The fourth-order valence-electron chi connectivity index (χ4n) is 5.00. The molecule has 2 saturated heterocycles. The topological polar surface area (TPSA) is 64.6 Å². The molecule has 5 nitrogen and oxygen atoms in total. The number of benzene rings is 3. The smallest absolute Gasteiger partial charge is 0.242 e. The highest BCUT2D eigenvalue weighted by Crippen LogP contribution is 2.49. The van der Waals surface area contributed by atoms with Crippen LogP contribution in [0.3, 0.4) is 0 Å². The second-order valence-corrected chi connectivity index (χ2v) is 8.69. The van der Waals surface area contributed by atoms with Gasteiger partial charge in [0.2, 0.25) is 5.91 Å². The highest BCUT2D eigenvalue weighted by molar-refractivity contribution is 5.86. The van der Waals surface area contributed by atoms with Gasteiger partial charge in [-0.25, -0.2) is 10.9 Å². The zero-order valence-corrected chi connectivity index (χ0v) is 17.7. The summed E-state index contributed by atoms with van der Waals surface area (Å²) in [6.45, 7) is 4.59. The number of hydrogen-bond donors (Lipinski definition) is 3. The van der Waals surface area contributed by atoms with Crippen LogP contribution in [0.5, 0.6) is 5.75 Å². The minimum absolute atomic E-state index is 0.0486. The van der Waals surface area contributed by atoms with Gasteiger partial charge < -0.3 is 10.0 Å². The Balaban J connectivity index is 1.58. The van der Waals surface area contributed by atoms with Crippen LogP contribution in [0.4, 0.5) is 0 Å². The minimum atomic E-state index is -0.347. The molecule has 158 valence electrons. The third-order valence-corrected chi connectivity index (χ3v) is 6.55. The van der Waals surface area contributed by atoms with Crippen LogP contribution in [0.1, 0.15) is 39.9 Å². The maximum Gasteiger partial charge on any atom is 0.242 e. The maximum atomic E-state index is 13.5. The Morgan fingerprint density at radius 3 is 2.26 bits per heavy atom. The molecule has 0 aromatic heterocycles. The van der Waals surface area contributed by atoms with Crippen LogP contribution in [0.15, 0.2) is 72.8 Å². The van der Waals surface area contributed by atoms with Crippen molar-refractivity contribution in [3.05, 3.63) is 101 Å². The molecule has 4 unspecified atom stereocenters. The number of carbonyl (C=O) groups excluding carboxylic acids is 1. The first-order chi connectivity index (χ1) is 15.0. The van der Waals surface area contributed by atoms with Crippen molar-refractivity contribution in [3.8, 4) is 5.75 Å². The van der Waals surface area contributed by atoms with Gasteiger partial charge in [0, 0.05) is 18.0 Å². The summed E-state index contributed by atoms with van der Waals surface area (Å²) in [5.41, 5.74) is 11.8. The Labute approximate surface area is 182 Å². The molecule has 0 radical (unpaired) electrons. The third kappa shape index (κ3) is 3.50. The number of likely N-dealkylation sites (tertiary alicyclic amines) is 1. The highest BCUT2D eigenvalue weighted by atomic mass is 16.3. The summed E-state index contributed by atoms with van der Waals surface area (Å²) in [6, 6.07) is 23.7. The number of fused-ring (bicyclic) bond motifs is 1. The van der Waals surface area contributed by atoms with Gasteiger partial charge in [-0.15, -0.1) is 0 Å². The Morgan fingerprint density at radius 2 is 1.55 bits per heavy atom. The second-order valence-electron chi connectivity index (χ2n) is 8.69. The van der Waals surface area contributed by atoms with Crippen LogP contribution < -0.4 is 10.9 Å². The van der Waals surface area contributed by atoms with Crippen LogP contribution in [-0.2, 0) is 11.3 Å². The van der Waals surface area contributed by atoms with Crippen LogP contribution in [-0.4, -0.2) is 22.0 Å². The molecule has 0 saturated carbocycles. The first-order valence-corrected chi connectivity index (χ1v) is 10.7. The summed E-state index contributed by atoms with van der Waals surface area (Å²) in [5, 5.41) is 10.7. The quantitative estimate of drug-likeness (QED) is 0.607. The largest absolute Gasteiger partial charge is 0.508 e. The molecule has 2 aliphatic rings. The molecule has 1 amide bonds. The van der Waals surface area contributed by atoms with Gasteiger partial charge in [0.1, 0.15) is 11.8 Å². The average Bonchev–Trinajstić information content (AvgIpc) is 3.29. The number of hydrogen-bond acceptors (Lipinski definition) is 4. The number of amides is 1. The molecular formula is C26H27N3O2. The first-order valence-electron chi connectivity index (χ1n) is 10.7. The number of aromatic hydroxyl groups is 1. The zero-order valence-electron chi connectivity index (χ0n) is 17.7. The Hall–Kier alpha value is -3.15. The monoisotopic (exact) mass is 413 g/mol. The number of phenolic OH excluding ortho intramolecular Hbond substituents is 1. The van der Waals surface area contributed by atoms with E-state index < -0.39 is 0 Å². The second kappa shape index (κ2) is 7.84. The first kappa shape index (κ1) is 19.8. The molecule has 0 aliphatic carbocycles. The average molecular weight is 414 g/mol. The number of hydrazine groups is 1. The Morgan fingerprint density at radius 1 is 0.871 bits per heavy atom. The van der Waals surface area contributed by atoms with Gasteiger partial charge in [-0.3, -0.25) is 4.79 Å². The van der Waals surface area contributed by atoms with E-state index in [9.17, 15) is 9.90 Å². The molecule has 5 heteroatoms. The van der Waals surface area contributed by atoms with Gasteiger partial charge in [-0.2, -0.15) is 0 Å². The molecule has 5 rings (SSSR count). The van der Waals surface area contributed by atoms with E-state index in [1.807, 2.05) is 42.2 Å². The fourth-order valence-corrected chi connectivity index (χ4v) is 5.00. The van der Waals surface area contributed by atoms with E-state index >= 15 is 0 Å². The van der Waals surface area contributed by atoms with Crippen LogP contribution >= 0.6 is 0 Å². The summed E-state index contributed by atoms with van der Waals surface area (Å²) in [5.74, 6) is 0.296. The molecule has 0 spiro atoms. The molecule has 2 heterocycles. The van der Waals surface area contributed by atoms with E-state index in [0.717, 1.165) is 22.3 Å². The van der Waals surface area contributed by atoms with Gasteiger partial charge in [0.15, 0.2) is 0 Å². The van der Waals surface area contributed by atoms with Gasteiger partial charge in [0.25, 0.3) is 0 Å². The summed E-state index contributed by atoms with van der Waals surface area (Å²) in [7, 11) is 0. The number of nitrogens with zero attached hydrogens (tertiary/aromatic N) is 1. The minimum Gasteiger partial charge on any atom is -0.508 e. The Bertz CT molecular complexity index is 1100. The standard InChI is InChI=1S/C26H27N3O2/c1-16-8-11-19(12-9-16)25-22-23(20-13-10-17(2)14-21(20)30)27-28-24(22)26(31)29(25)15-18-6-4-3-5-7-18/h3-14,22-25,27-28,30H,15H2,1-2H3. The molecule has 3 N–H and O–H groups in total. The summed E-state index contributed by atoms with van der Waals surface area (Å²) in [4.78, 5) is 15.5. The van der Waals surface area contributed by atoms with Gasteiger partial charge in [0.05, 0.1) is 12.1 Å². The molecule has 2 fully saturated rings. The van der Waals surface area contributed by atoms with Gasteiger partial charge in [-0.05, 0) is 36.6 Å². The van der Waals surface area contributed by atoms with Crippen LogP contribution in [0, 0.1) is 19.8 Å². The van der Waals surface area contributed by atoms with E-state index in [2.05, 4.69) is 54.2 Å². The van der Waals surface area contributed by atoms with Gasteiger partial charge in [-0.1, -0.05) is 72.3 Å². The Kier molecular flexibility index (Phi) is 5.00. The number of aryl methyl sites for hydroxylation is 2. The molecular weight excluding hydrogens is 386 g/mol. The summed E-state index contributed by atoms with van der Waals surface area (Å²) >= 11 is 0. The molecule has 2 aliphatic heterocycles. The SMILES string of the molecule is Cc1ccc(C2C3C(NNC3c3ccc(C)cc3O)C(=O)N2Cc2ccccc2)cc1. The van der Waals surface area contributed by atoms with E-state index in [-0.39, 0.29) is 35.7 Å². The summed E-state index contributed by atoms with van der Waals surface area (Å²) in [6.07, 6.45) is 0. The van der Waals surface area contributed by atoms with Crippen LogP contribution in [0.2, 0.25) is 0 Å². The lowest BCUT2D eigenvalue weighted by molar-refractivity contribution is -0.131. The van der Waals surface area contributed by atoms with Gasteiger partial charge >= 0.3 is 0 Å². The van der Waals surface area contributed by atoms with E-state index in [1.165, 1.54) is 5.56 Å². The lowest BCUT2D eigenvalue weighted by Gasteiger charge is -2.31.